The smallest absolute Gasteiger partial charge is 0.286 e. The fraction of sp³-hybridized carbons (Fsp3) is 0.450. The zero-order chi connectivity index (χ0) is 22.5. The second-order valence-corrected chi connectivity index (χ2v) is 9.28. The van der Waals surface area contributed by atoms with Crippen LogP contribution in [0.5, 0.6) is 5.75 Å². The summed E-state index contributed by atoms with van der Waals surface area (Å²) in [6.07, 6.45) is 6.88. The van der Waals surface area contributed by atoms with E-state index in [4.69, 9.17) is 11.6 Å². The van der Waals surface area contributed by atoms with Crippen LogP contribution in [0.1, 0.15) is 38.5 Å². The number of carbonyl (C=O) groups excluding carboxylic acids is 2. The van der Waals surface area contributed by atoms with Crippen molar-refractivity contribution < 1.29 is 14.7 Å². The molecule has 1 saturated heterocycles. The van der Waals surface area contributed by atoms with Crippen LogP contribution in [0.4, 0.5) is 28.3 Å². The minimum atomic E-state index is -0.551. The summed E-state index contributed by atoms with van der Waals surface area (Å²) in [4.78, 5) is 36.6. The van der Waals surface area contributed by atoms with E-state index in [1.807, 2.05) is 0 Å². The lowest BCUT2D eigenvalue weighted by Crippen LogP contribution is -2.29. The largest absolute Gasteiger partial charge is 0.506 e. The molecule has 4 rings (SSSR count). The number of nitrogens with zero attached hydrogens (tertiary/aromatic N) is 3. The van der Waals surface area contributed by atoms with E-state index >= 15 is 0 Å². The second-order valence-electron chi connectivity index (χ2n) is 7.69. The number of amides is 2. The summed E-state index contributed by atoms with van der Waals surface area (Å²) < 4.78 is 0. The summed E-state index contributed by atoms with van der Waals surface area (Å²) >= 11 is 6.93. The summed E-state index contributed by atoms with van der Waals surface area (Å²) in [7, 11) is 0. The number of aromatic nitrogens is 3. The van der Waals surface area contributed by atoms with Gasteiger partial charge in [-0.25, -0.2) is 0 Å². The van der Waals surface area contributed by atoms with E-state index in [1.54, 1.807) is 12.1 Å². The number of phenols is 1. The van der Waals surface area contributed by atoms with Gasteiger partial charge in [0, 0.05) is 18.3 Å². The molecule has 2 amide bonds. The van der Waals surface area contributed by atoms with Crippen molar-refractivity contribution in [1.82, 2.24) is 20.3 Å². The first-order valence-corrected chi connectivity index (χ1v) is 11.8. The van der Waals surface area contributed by atoms with Gasteiger partial charge in [-0.3, -0.25) is 14.9 Å². The van der Waals surface area contributed by atoms with Crippen LogP contribution in [0.15, 0.2) is 18.2 Å². The first kappa shape index (κ1) is 22.4. The summed E-state index contributed by atoms with van der Waals surface area (Å²) in [5.74, 6) is 0.612. The number of aromatic hydroxyl groups is 1. The highest BCUT2D eigenvalue weighted by Crippen LogP contribution is 2.28. The van der Waals surface area contributed by atoms with Crippen LogP contribution in [-0.2, 0) is 4.79 Å². The third kappa shape index (κ3) is 5.92. The Morgan fingerprint density at radius 2 is 1.78 bits per heavy atom. The first-order chi connectivity index (χ1) is 15.5. The van der Waals surface area contributed by atoms with E-state index in [1.165, 1.54) is 18.9 Å². The minimum absolute atomic E-state index is 0.0205. The monoisotopic (exact) mass is 477 g/mol. The molecule has 1 unspecified atom stereocenters. The van der Waals surface area contributed by atoms with Crippen molar-refractivity contribution >= 4 is 58.0 Å². The minimum Gasteiger partial charge on any atom is -0.506 e. The molecule has 2 aliphatic rings. The SMILES string of the molecule is O=C1NC(=O)C(CNc2nc(Nc3ccc(O)c(Cl)c3)nc(NC3CCCCCC3)n2)S1. The average molecular weight is 478 g/mol. The number of halogens is 1. The fourth-order valence-electron chi connectivity index (χ4n) is 3.61. The van der Waals surface area contributed by atoms with Crippen LogP contribution < -0.4 is 21.3 Å². The fourth-order valence-corrected chi connectivity index (χ4v) is 4.54. The van der Waals surface area contributed by atoms with Gasteiger partial charge in [-0.2, -0.15) is 15.0 Å². The highest BCUT2D eigenvalue weighted by atomic mass is 35.5. The maximum Gasteiger partial charge on any atom is 0.286 e. The summed E-state index contributed by atoms with van der Waals surface area (Å²) in [6, 6.07) is 4.97. The molecule has 1 aromatic heterocycles. The van der Waals surface area contributed by atoms with E-state index in [2.05, 4.69) is 36.2 Å². The number of nitrogens with one attached hydrogen (secondary N) is 4. The zero-order valence-corrected chi connectivity index (χ0v) is 18.8. The van der Waals surface area contributed by atoms with Crippen LogP contribution >= 0.6 is 23.4 Å². The highest BCUT2D eigenvalue weighted by Gasteiger charge is 2.31. The molecule has 0 radical (unpaired) electrons. The van der Waals surface area contributed by atoms with Crippen LogP contribution in [0, 0.1) is 0 Å². The molecule has 2 heterocycles. The number of imide groups is 1. The number of hydrogen-bond acceptors (Lipinski definition) is 10. The second kappa shape index (κ2) is 10.2. The Morgan fingerprint density at radius 1 is 1.06 bits per heavy atom. The van der Waals surface area contributed by atoms with Crippen molar-refractivity contribution in [2.45, 2.75) is 49.8 Å². The molecule has 170 valence electrons. The standard InChI is InChI=1S/C20H24ClN7O3S/c21-13-9-12(7-8-14(13)29)24-19-27-17(22-10-15-16(30)25-20(31)32-15)26-18(28-19)23-11-5-3-1-2-4-6-11/h7-9,11,15,29H,1-6,10H2,(H,25,30,31)(H3,22,23,24,26,27,28). The van der Waals surface area contributed by atoms with Gasteiger partial charge in [-0.05, 0) is 42.8 Å². The van der Waals surface area contributed by atoms with Gasteiger partial charge < -0.3 is 21.1 Å². The van der Waals surface area contributed by atoms with E-state index in [0.717, 1.165) is 37.4 Å². The quantitative estimate of drug-likeness (QED) is 0.294. The van der Waals surface area contributed by atoms with E-state index in [0.29, 0.717) is 11.6 Å². The van der Waals surface area contributed by atoms with Gasteiger partial charge in [-0.1, -0.05) is 37.3 Å². The Bertz CT molecular complexity index is 1000. The topological polar surface area (TPSA) is 141 Å². The predicted octanol–water partition coefficient (Wildman–Crippen LogP) is 3.87. The molecular formula is C20H24ClN7O3S. The van der Waals surface area contributed by atoms with Gasteiger partial charge >= 0.3 is 0 Å². The van der Waals surface area contributed by atoms with E-state index in [9.17, 15) is 14.7 Å². The number of anilines is 4. The average Bonchev–Trinajstić information content (AvgIpc) is 2.92. The number of phenolic OH excluding ortho intramolecular Hbond substituents is 1. The van der Waals surface area contributed by atoms with Gasteiger partial charge in [0.1, 0.15) is 11.0 Å². The lowest BCUT2D eigenvalue weighted by atomic mass is 10.1. The molecule has 10 nitrogen and oxygen atoms in total. The molecule has 1 atom stereocenters. The summed E-state index contributed by atoms with van der Waals surface area (Å²) in [6.45, 7) is 0.194. The van der Waals surface area contributed by atoms with Crippen LogP contribution in [0.3, 0.4) is 0 Å². The van der Waals surface area contributed by atoms with Gasteiger partial charge in [0.25, 0.3) is 5.24 Å². The number of hydrogen-bond donors (Lipinski definition) is 5. The van der Waals surface area contributed by atoms with Crippen molar-refractivity contribution in [2.24, 2.45) is 0 Å². The molecule has 1 aliphatic heterocycles. The van der Waals surface area contributed by atoms with Crippen LogP contribution in [0.2, 0.25) is 5.02 Å². The number of thioether (sulfide) groups is 1. The number of carbonyl (C=O) groups is 2. The molecule has 12 heteroatoms. The van der Waals surface area contributed by atoms with Gasteiger partial charge in [0.2, 0.25) is 23.8 Å². The Hall–Kier alpha value is -2.79. The Balaban J connectivity index is 1.53. The van der Waals surface area contributed by atoms with Crippen molar-refractivity contribution in [3.8, 4) is 5.75 Å². The normalized spacial score (nSPS) is 19.3. The van der Waals surface area contributed by atoms with Crippen molar-refractivity contribution in [3.63, 3.8) is 0 Å². The molecule has 2 fully saturated rings. The summed E-state index contributed by atoms with van der Waals surface area (Å²) in [5, 5.41) is 20.7. The molecule has 1 saturated carbocycles. The van der Waals surface area contributed by atoms with Gasteiger partial charge in [0.15, 0.2) is 0 Å². The lowest BCUT2D eigenvalue weighted by molar-refractivity contribution is -0.118. The van der Waals surface area contributed by atoms with Crippen molar-refractivity contribution in [2.75, 3.05) is 22.5 Å². The molecule has 32 heavy (non-hydrogen) atoms. The first-order valence-electron chi connectivity index (χ1n) is 10.5. The van der Waals surface area contributed by atoms with Crippen LogP contribution in [0.25, 0.3) is 0 Å². The molecule has 1 aromatic carbocycles. The number of benzene rings is 1. The lowest BCUT2D eigenvalue weighted by Gasteiger charge is -2.18. The van der Waals surface area contributed by atoms with Gasteiger partial charge in [0.05, 0.1) is 5.02 Å². The van der Waals surface area contributed by atoms with E-state index < -0.39 is 5.25 Å². The maximum atomic E-state index is 11.8. The highest BCUT2D eigenvalue weighted by molar-refractivity contribution is 8.15. The van der Waals surface area contributed by atoms with Gasteiger partial charge in [-0.15, -0.1) is 0 Å². The third-order valence-electron chi connectivity index (χ3n) is 5.24. The van der Waals surface area contributed by atoms with Crippen molar-refractivity contribution in [3.05, 3.63) is 23.2 Å². The van der Waals surface area contributed by atoms with Crippen molar-refractivity contribution in [1.29, 1.82) is 0 Å². The third-order valence-corrected chi connectivity index (χ3v) is 6.52. The summed E-state index contributed by atoms with van der Waals surface area (Å²) in [5.41, 5.74) is 0.599. The Kier molecular flexibility index (Phi) is 7.15. The molecule has 0 bridgehead atoms. The molecule has 2 aromatic rings. The van der Waals surface area contributed by atoms with Crippen LogP contribution in [-0.4, -0.2) is 49.0 Å². The Morgan fingerprint density at radius 3 is 2.47 bits per heavy atom. The maximum absolute atomic E-state index is 11.8. The number of rotatable bonds is 7. The predicted molar refractivity (Wildman–Crippen MR) is 125 cm³/mol. The molecule has 0 spiro atoms. The molecule has 1 aliphatic carbocycles. The molecule has 5 N–H and O–H groups in total. The van der Waals surface area contributed by atoms with E-state index in [-0.39, 0.29) is 46.4 Å². The zero-order valence-electron chi connectivity index (χ0n) is 17.2. The molecular weight excluding hydrogens is 454 g/mol. The Labute approximate surface area is 194 Å².